The molecule has 9 nitrogen and oxygen atoms in total. The Morgan fingerprint density at radius 1 is 1.05 bits per heavy atom. The van der Waals surface area contributed by atoms with Crippen LogP contribution in [0.5, 0.6) is 17.2 Å². The first kappa shape index (κ1) is 24.8. The number of phenolic OH excluding ortho intramolecular Hbond substituents is 2. The minimum atomic E-state index is -1.98. The largest absolute Gasteiger partial charge is 0.507 e. The van der Waals surface area contributed by atoms with E-state index in [1.165, 1.54) is 6.08 Å². The molecule has 194 valence electrons. The van der Waals surface area contributed by atoms with E-state index in [1.54, 1.807) is 12.2 Å². The van der Waals surface area contributed by atoms with E-state index in [2.05, 4.69) is 0 Å². The first-order chi connectivity index (χ1) is 17.4. The topological polar surface area (TPSA) is 136 Å². The van der Waals surface area contributed by atoms with E-state index in [4.69, 9.17) is 14.2 Å². The van der Waals surface area contributed by atoms with Gasteiger partial charge >= 0.3 is 11.9 Å². The lowest BCUT2D eigenvalue weighted by Crippen LogP contribution is -2.75. The van der Waals surface area contributed by atoms with Crippen LogP contribution in [0.15, 0.2) is 41.0 Å². The van der Waals surface area contributed by atoms with E-state index >= 15 is 0 Å². The van der Waals surface area contributed by atoms with Crippen molar-refractivity contribution in [3.05, 3.63) is 52.1 Å². The summed E-state index contributed by atoms with van der Waals surface area (Å²) in [4.78, 5) is 54.4. The van der Waals surface area contributed by atoms with E-state index in [9.17, 15) is 29.4 Å². The molecule has 2 heterocycles. The molecule has 6 rings (SSSR count). The number of carbonyl (C=O) groups excluding carboxylic acids is 4. The first-order valence-corrected chi connectivity index (χ1v) is 12.1. The summed E-state index contributed by atoms with van der Waals surface area (Å²) < 4.78 is 17.3. The standard InChI is InChI=1S/C28H28O9/c1-12(2)6-7-14-17(29)11-18(30)20-22(31)16-10-15-19(25(33)35-5)21-26(34)37-27(24(15)32,9-8-13(3)4)28(16,21)36-23(14)20/h6,8,10-11,15,19,21,29-30H,7,9H2,1-5H3/t15-,19+,21+,27+,28-/m1/s1. The summed E-state index contributed by atoms with van der Waals surface area (Å²) in [6.07, 6.45) is 4.96. The lowest BCUT2D eigenvalue weighted by atomic mass is 9.49. The highest BCUT2D eigenvalue weighted by Crippen LogP contribution is 2.66. The second-order valence-electron chi connectivity index (χ2n) is 10.5. The molecule has 1 spiro atoms. The Hall–Kier alpha value is -3.88. The number of carbonyl (C=O) groups is 4. The number of phenols is 2. The predicted octanol–water partition coefficient (Wildman–Crippen LogP) is 3.12. The SMILES string of the molecule is COC(=O)[C@@H]1[C@H]2C(=O)O[C@@]3(CC=C(C)C)C(=O)[C@@H]1C=C1C(=O)c4c(O)cc(O)c(CC=C(C)C)c4O[C@]123. The Morgan fingerprint density at radius 2 is 1.73 bits per heavy atom. The van der Waals surface area contributed by atoms with Crippen molar-refractivity contribution in [3.63, 3.8) is 0 Å². The van der Waals surface area contributed by atoms with Gasteiger partial charge in [0, 0.05) is 23.6 Å². The molecule has 1 saturated carbocycles. The molecule has 1 aromatic carbocycles. The average molecular weight is 509 g/mol. The molecule has 0 unspecified atom stereocenters. The maximum absolute atomic E-state index is 14.0. The molecule has 0 aromatic heterocycles. The molecule has 9 heteroatoms. The number of Topliss-reactive ketones (excluding diaryl/α,β-unsaturated/α-hetero) is 2. The normalized spacial score (nSPS) is 30.5. The van der Waals surface area contributed by atoms with Crippen molar-refractivity contribution in [2.75, 3.05) is 7.11 Å². The summed E-state index contributed by atoms with van der Waals surface area (Å²) >= 11 is 0. The summed E-state index contributed by atoms with van der Waals surface area (Å²) in [7, 11) is 1.16. The molecule has 2 aliphatic heterocycles. The van der Waals surface area contributed by atoms with Crippen LogP contribution in [0.25, 0.3) is 0 Å². The number of hydrogen-bond donors (Lipinski definition) is 2. The molecule has 0 amide bonds. The molecular weight excluding hydrogens is 480 g/mol. The van der Waals surface area contributed by atoms with Gasteiger partial charge in [-0.2, -0.15) is 0 Å². The Kier molecular flexibility index (Phi) is 5.40. The number of esters is 2. The highest BCUT2D eigenvalue weighted by atomic mass is 16.6. The van der Waals surface area contributed by atoms with Crippen molar-refractivity contribution in [2.24, 2.45) is 17.8 Å². The minimum Gasteiger partial charge on any atom is -0.507 e. The summed E-state index contributed by atoms with van der Waals surface area (Å²) in [5.41, 5.74) is -2.10. The highest BCUT2D eigenvalue weighted by Gasteiger charge is 2.84. The van der Waals surface area contributed by atoms with E-state index in [0.29, 0.717) is 0 Å². The fourth-order valence-corrected chi connectivity index (χ4v) is 6.18. The summed E-state index contributed by atoms with van der Waals surface area (Å²) in [5, 5.41) is 21.4. The van der Waals surface area contributed by atoms with Gasteiger partial charge in [0.25, 0.3) is 0 Å². The van der Waals surface area contributed by atoms with Gasteiger partial charge in [-0.1, -0.05) is 29.4 Å². The Balaban J connectivity index is 1.84. The van der Waals surface area contributed by atoms with Crippen LogP contribution in [0.1, 0.15) is 50.0 Å². The molecule has 5 aliphatic rings. The van der Waals surface area contributed by atoms with Crippen molar-refractivity contribution in [1.29, 1.82) is 0 Å². The molecule has 4 bridgehead atoms. The van der Waals surface area contributed by atoms with Gasteiger partial charge in [0.2, 0.25) is 5.60 Å². The fraction of sp³-hybridized carbons (Fsp3) is 0.429. The second-order valence-corrected chi connectivity index (χ2v) is 10.5. The van der Waals surface area contributed by atoms with Crippen molar-refractivity contribution >= 4 is 23.5 Å². The molecule has 5 atom stereocenters. The minimum absolute atomic E-state index is 0.0167. The van der Waals surface area contributed by atoms with E-state index in [0.717, 1.165) is 24.3 Å². The summed E-state index contributed by atoms with van der Waals surface area (Å²) in [5.74, 6) is -7.54. The number of hydrogen-bond acceptors (Lipinski definition) is 9. The van der Waals surface area contributed by atoms with Gasteiger partial charge in [-0.3, -0.25) is 19.2 Å². The quantitative estimate of drug-likeness (QED) is 0.454. The number of allylic oxidation sites excluding steroid dienone is 4. The van der Waals surface area contributed by atoms with Crippen LogP contribution in [0.2, 0.25) is 0 Å². The predicted molar refractivity (Wildman–Crippen MR) is 129 cm³/mol. The third-order valence-electron chi connectivity index (χ3n) is 7.82. The molecule has 3 aliphatic carbocycles. The van der Waals surface area contributed by atoms with Crippen molar-refractivity contribution in [3.8, 4) is 17.2 Å². The van der Waals surface area contributed by atoms with E-state index in [1.807, 2.05) is 27.7 Å². The summed E-state index contributed by atoms with van der Waals surface area (Å²) in [6, 6.07) is 1.07. The van der Waals surface area contributed by atoms with Crippen LogP contribution < -0.4 is 4.74 Å². The number of ether oxygens (including phenoxy) is 3. The van der Waals surface area contributed by atoms with Gasteiger partial charge in [-0.25, -0.2) is 0 Å². The average Bonchev–Trinajstić information content (AvgIpc) is 3.03. The van der Waals surface area contributed by atoms with Crippen LogP contribution in [0.4, 0.5) is 0 Å². The van der Waals surface area contributed by atoms with Gasteiger partial charge < -0.3 is 24.4 Å². The maximum atomic E-state index is 14.0. The van der Waals surface area contributed by atoms with Gasteiger partial charge in [-0.05, 0) is 34.1 Å². The molecule has 1 aromatic rings. The zero-order valence-electron chi connectivity index (χ0n) is 21.2. The Bertz CT molecular complexity index is 1370. The third kappa shape index (κ3) is 3.03. The van der Waals surface area contributed by atoms with Crippen LogP contribution in [-0.4, -0.2) is 52.0 Å². The zero-order chi connectivity index (χ0) is 27.0. The number of methoxy groups -OCH3 is 1. The lowest BCUT2D eigenvalue weighted by Gasteiger charge is -2.56. The first-order valence-electron chi connectivity index (χ1n) is 12.1. The van der Waals surface area contributed by atoms with Gasteiger partial charge in [0.1, 0.15) is 28.7 Å². The number of rotatable bonds is 5. The van der Waals surface area contributed by atoms with Crippen LogP contribution in [-0.2, 0) is 30.3 Å². The second kappa shape index (κ2) is 8.06. The van der Waals surface area contributed by atoms with Crippen molar-refractivity contribution in [2.45, 2.75) is 51.7 Å². The number of aromatic hydroxyl groups is 2. The lowest BCUT2D eigenvalue weighted by molar-refractivity contribution is -0.179. The number of benzene rings is 1. The van der Waals surface area contributed by atoms with Crippen LogP contribution in [0.3, 0.4) is 0 Å². The Morgan fingerprint density at radius 3 is 2.35 bits per heavy atom. The van der Waals surface area contributed by atoms with Gasteiger partial charge in [0.05, 0.1) is 18.9 Å². The van der Waals surface area contributed by atoms with Crippen LogP contribution in [0, 0.1) is 17.8 Å². The highest BCUT2D eigenvalue weighted by molar-refractivity contribution is 6.20. The van der Waals surface area contributed by atoms with Crippen molar-refractivity contribution in [1.82, 2.24) is 0 Å². The Labute approximate surface area is 213 Å². The molecule has 1 saturated heterocycles. The molecule has 0 radical (unpaired) electrons. The molecule has 2 N–H and O–H groups in total. The fourth-order valence-electron chi connectivity index (χ4n) is 6.18. The monoisotopic (exact) mass is 508 g/mol. The summed E-state index contributed by atoms with van der Waals surface area (Å²) in [6.45, 7) is 7.35. The van der Waals surface area contributed by atoms with Gasteiger partial charge in [0.15, 0.2) is 17.2 Å². The molecular formula is C28H28O9. The zero-order valence-corrected chi connectivity index (χ0v) is 21.2. The third-order valence-corrected chi connectivity index (χ3v) is 7.82. The molecule has 2 fully saturated rings. The van der Waals surface area contributed by atoms with Crippen molar-refractivity contribution < 1.29 is 43.6 Å². The van der Waals surface area contributed by atoms with Crippen LogP contribution >= 0.6 is 0 Å². The number of ketones is 2. The maximum Gasteiger partial charge on any atom is 0.315 e. The van der Waals surface area contributed by atoms with Gasteiger partial charge in [-0.15, -0.1) is 0 Å². The smallest absolute Gasteiger partial charge is 0.315 e. The van der Waals surface area contributed by atoms with E-state index in [-0.39, 0.29) is 41.0 Å². The molecule has 37 heavy (non-hydrogen) atoms. The van der Waals surface area contributed by atoms with E-state index < -0.39 is 58.2 Å². The number of fused-ring (bicyclic) bond motifs is 1.